The molecule has 2 N–H and O–H groups in total. The summed E-state index contributed by atoms with van der Waals surface area (Å²) in [5.41, 5.74) is 3.25. The molecule has 9 heteroatoms. The number of aryl methyl sites for hydroxylation is 1. The van der Waals surface area contributed by atoms with E-state index >= 15 is 0 Å². The summed E-state index contributed by atoms with van der Waals surface area (Å²) in [6.45, 7) is 2.66. The molecular weight excluding hydrogens is 402 g/mol. The molecule has 1 saturated carbocycles. The van der Waals surface area contributed by atoms with Gasteiger partial charge in [0.2, 0.25) is 11.9 Å². The molecule has 1 aliphatic carbocycles. The fourth-order valence-corrected chi connectivity index (χ4v) is 4.30. The first kappa shape index (κ1) is 19.6. The summed E-state index contributed by atoms with van der Waals surface area (Å²) in [6.07, 6.45) is 5.07. The number of hydrogen-bond donors (Lipinski definition) is 2. The van der Waals surface area contributed by atoms with Gasteiger partial charge in [-0.05, 0) is 49.1 Å². The molecule has 1 saturated heterocycles. The molecule has 0 radical (unpaired) electrons. The van der Waals surface area contributed by atoms with Crippen LogP contribution in [0.1, 0.15) is 36.9 Å². The maximum atomic E-state index is 12.9. The number of amides is 1. The number of rotatable bonds is 6. The zero-order valence-electron chi connectivity index (χ0n) is 17.0. The van der Waals surface area contributed by atoms with Crippen LogP contribution in [0.25, 0.3) is 11.1 Å². The van der Waals surface area contributed by atoms with E-state index < -0.39 is 6.43 Å². The summed E-state index contributed by atoms with van der Waals surface area (Å²) < 4.78 is 27.7. The van der Waals surface area contributed by atoms with E-state index in [4.69, 9.17) is 0 Å². The third-order valence-electron chi connectivity index (χ3n) is 6.00. The second-order valence-corrected chi connectivity index (χ2v) is 8.37. The van der Waals surface area contributed by atoms with Crippen molar-refractivity contribution < 1.29 is 13.6 Å². The Morgan fingerprint density at radius 3 is 2.90 bits per heavy atom. The first-order chi connectivity index (χ1) is 14.9. The highest BCUT2D eigenvalue weighted by molar-refractivity contribution is 5.80. The van der Waals surface area contributed by atoms with Crippen LogP contribution in [0.15, 0.2) is 42.9 Å². The highest BCUT2D eigenvalue weighted by Crippen LogP contribution is 2.48. The second kappa shape index (κ2) is 7.40. The van der Waals surface area contributed by atoms with Gasteiger partial charge in [0.1, 0.15) is 5.69 Å². The van der Waals surface area contributed by atoms with Gasteiger partial charge in [0.15, 0.2) is 0 Å². The number of nitrogens with one attached hydrogen (secondary N) is 2. The molecule has 1 atom stereocenters. The van der Waals surface area contributed by atoms with Crippen molar-refractivity contribution in [2.75, 3.05) is 5.32 Å². The zero-order valence-corrected chi connectivity index (χ0v) is 17.0. The minimum absolute atomic E-state index is 0.0175. The molecule has 0 bridgehead atoms. The van der Waals surface area contributed by atoms with E-state index in [0.29, 0.717) is 18.7 Å². The largest absolute Gasteiger partial charge is 0.350 e. The standard InChI is InChI=1S/C22H22F2N6O/c1-13-6-14(8-17(7-13)27-21-25-5-2-18(28-21)20(23)24)15-10-26-30(11-15)12-16-9-19(31)29-22(16)3-4-22/h2,5-8,10-11,16,20H,3-4,9,12H2,1H3,(H,29,31)(H,25,27,28)/t16-/m1/s1. The molecule has 160 valence electrons. The van der Waals surface area contributed by atoms with Crippen molar-refractivity contribution in [3.05, 3.63) is 54.1 Å². The van der Waals surface area contributed by atoms with Crippen LogP contribution < -0.4 is 10.6 Å². The number of aromatic nitrogens is 4. The normalized spacial score (nSPS) is 19.1. The number of carbonyl (C=O) groups excluding carboxylic acids is 1. The Hall–Kier alpha value is -3.36. The number of nitrogens with zero attached hydrogens (tertiary/aromatic N) is 4. The number of anilines is 2. The first-order valence-electron chi connectivity index (χ1n) is 10.2. The van der Waals surface area contributed by atoms with E-state index in [0.717, 1.165) is 29.5 Å². The van der Waals surface area contributed by atoms with Gasteiger partial charge in [-0.2, -0.15) is 5.10 Å². The molecule has 0 unspecified atom stereocenters. The minimum Gasteiger partial charge on any atom is -0.350 e. The van der Waals surface area contributed by atoms with Crippen LogP contribution in [-0.4, -0.2) is 31.2 Å². The van der Waals surface area contributed by atoms with Gasteiger partial charge in [0.05, 0.1) is 6.20 Å². The topological polar surface area (TPSA) is 84.7 Å². The van der Waals surface area contributed by atoms with Crippen LogP contribution in [0.4, 0.5) is 20.4 Å². The fraction of sp³-hybridized carbons (Fsp3) is 0.364. The van der Waals surface area contributed by atoms with Gasteiger partial charge in [-0.25, -0.2) is 18.7 Å². The highest BCUT2D eigenvalue weighted by Gasteiger charge is 2.55. The van der Waals surface area contributed by atoms with Crippen molar-refractivity contribution in [1.82, 2.24) is 25.1 Å². The second-order valence-electron chi connectivity index (χ2n) is 8.37. The van der Waals surface area contributed by atoms with Gasteiger partial charge in [0.25, 0.3) is 6.43 Å². The molecule has 1 aliphatic heterocycles. The summed E-state index contributed by atoms with van der Waals surface area (Å²) in [4.78, 5) is 19.7. The Balaban J connectivity index is 1.35. The van der Waals surface area contributed by atoms with Gasteiger partial charge >= 0.3 is 0 Å². The molecule has 2 aromatic heterocycles. The molecular formula is C22H22F2N6O. The van der Waals surface area contributed by atoms with Crippen LogP contribution in [0.3, 0.4) is 0 Å². The van der Waals surface area contributed by atoms with Gasteiger partial charge in [-0.15, -0.1) is 0 Å². The molecule has 2 fully saturated rings. The van der Waals surface area contributed by atoms with Crippen LogP contribution in [0.5, 0.6) is 0 Å². The summed E-state index contributed by atoms with van der Waals surface area (Å²) in [5.74, 6) is 0.516. The van der Waals surface area contributed by atoms with E-state index in [1.54, 1.807) is 6.20 Å². The summed E-state index contributed by atoms with van der Waals surface area (Å²) in [7, 11) is 0. The Labute approximate surface area is 177 Å². The number of carbonyl (C=O) groups is 1. The van der Waals surface area contributed by atoms with Crippen molar-refractivity contribution in [2.24, 2.45) is 5.92 Å². The number of halogens is 2. The molecule has 1 aromatic carbocycles. The van der Waals surface area contributed by atoms with E-state index in [9.17, 15) is 13.6 Å². The molecule has 3 aromatic rings. The van der Waals surface area contributed by atoms with Crippen LogP contribution in [-0.2, 0) is 11.3 Å². The minimum atomic E-state index is -2.65. The van der Waals surface area contributed by atoms with Gasteiger partial charge in [-0.1, -0.05) is 6.07 Å². The van der Waals surface area contributed by atoms with Gasteiger partial charge < -0.3 is 10.6 Å². The van der Waals surface area contributed by atoms with Crippen molar-refractivity contribution >= 4 is 17.5 Å². The molecule has 1 amide bonds. The van der Waals surface area contributed by atoms with Crippen molar-refractivity contribution in [3.63, 3.8) is 0 Å². The monoisotopic (exact) mass is 424 g/mol. The highest BCUT2D eigenvalue weighted by atomic mass is 19.3. The van der Waals surface area contributed by atoms with Crippen LogP contribution in [0, 0.1) is 12.8 Å². The lowest BCUT2D eigenvalue weighted by molar-refractivity contribution is -0.119. The van der Waals surface area contributed by atoms with Gasteiger partial charge in [0, 0.05) is 48.1 Å². The smallest absolute Gasteiger partial charge is 0.280 e. The molecule has 5 rings (SSSR count). The van der Waals surface area contributed by atoms with Crippen LogP contribution >= 0.6 is 0 Å². The molecule has 3 heterocycles. The van der Waals surface area contributed by atoms with Crippen molar-refractivity contribution in [2.45, 2.75) is 44.7 Å². The first-order valence-corrected chi connectivity index (χ1v) is 10.2. The van der Waals surface area contributed by atoms with E-state index in [1.165, 1.54) is 12.3 Å². The third kappa shape index (κ3) is 3.99. The van der Waals surface area contributed by atoms with E-state index in [-0.39, 0.29) is 29.0 Å². The predicted molar refractivity (Wildman–Crippen MR) is 111 cm³/mol. The average Bonchev–Trinajstić information content (AvgIpc) is 3.22. The summed E-state index contributed by atoms with van der Waals surface area (Å²) in [6, 6.07) is 7.05. The number of benzene rings is 1. The maximum Gasteiger partial charge on any atom is 0.280 e. The third-order valence-corrected chi connectivity index (χ3v) is 6.00. The van der Waals surface area contributed by atoms with E-state index in [1.807, 2.05) is 36.0 Å². The SMILES string of the molecule is Cc1cc(Nc2nccc(C(F)F)n2)cc(-c2cnn(C[C@H]3CC(=O)NC34CC4)c2)c1. The Morgan fingerprint density at radius 2 is 2.13 bits per heavy atom. The number of hydrogen-bond acceptors (Lipinski definition) is 5. The summed E-state index contributed by atoms with van der Waals surface area (Å²) >= 11 is 0. The lowest BCUT2D eigenvalue weighted by Crippen LogP contribution is -2.32. The maximum absolute atomic E-state index is 12.9. The van der Waals surface area contributed by atoms with E-state index in [2.05, 4.69) is 25.7 Å². The Morgan fingerprint density at radius 1 is 1.29 bits per heavy atom. The van der Waals surface area contributed by atoms with Gasteiger partial charge in [-0.3, -0.25) is 9.48 Å². The molecule has 2 aliphatic rings. The predicted octanol–water partition coefficient (Wildman–Crippen LogP) is 4.00. The summed E-state index contributed by atoms with van der Waals surface area (Å²) in [5, 5.41) is 10.6. The number of alkyl halides is 2. The van der Waals surface area contributed by atoms with Crippen molar-refractivity contribution in [3.8, 4) is 11.1 Å². The Kier molecular flexibility index (Phi) is 4.68. The fourth-order valence-electron chi connectivity index (χ4n) is 4.30. The lowest BCUT2D eigenvalue weighted by Gasteiger charge is -2.17. The average molecular weight is 424 g/mol. The molecule has 1 spiro atoms. The Bertz CT molecular complexity index is 1140. The van der Waals surface area contributed by atoms with Crippen LogP contribution in [0.2, 0.25) is 0 Å². The molecule has 31 heavy (non-hydrogen) atoms. The quantitative estimate of drug-likeness (QED) is 0.625. The lowest BCUT2D eigenvalue weighted by atomic mass is 9.98. The van der Waals surface area contributed by atoms with Crippen molar-refractivity contribution in [1.29, 1.82) is 0 Å². The molecule has 7 nitrogen and oxygen atoms in total. The zero-order chi connectivity index (χ0) is 21.6.